The van der Waals surface area contributed by atoms with E-state index in [0.717, 1.165) is 28.0 Å². The number of urea groups is 1. The fraction of sp³-hybridized carbons (Fsp3) is 0.0588. The molecule has 0 saturated carbocycles. The van der Waals surface area contributed by atoms with Crippen LogP contribution in [-0.4, -0.2) is 11.9 Å². The topological polar surface area (TPSA) is 76.7 Å². The van der Waals surface area contributed by atoms with Crippen LogP contribution in [0.5, 0.6) is 23.0 Å². The number of carbonyl (C=O) groups excluding carboxylic acids is 2. The second-order valence-corrected chi connectivity index (χ2v) is 11.6. The number of imide groups is 1. The van der Waals surface area contributed by atoms with E-state index in [-0.39, 0.29) is 22.2 Å². The first-order valence-corrected chi connectivity index (χ1v) is 15.0. The fourth-order valence-electron chi connectivity index (χ4n) is 4.27. The van der Waals surface area contributed by atoms with Gasteiger partial charge in [-0.15, -0.1) is 0 Å². The van der Waals surface area contributed by atoms with Crippen molar-refractivity contribution < 1.29 is 27.8 Å². The van der Waals surface area contributed by atoms with Gasteiger partial charge in [-0.05, 0) is 92.2 Å². The quantitative estimate of drug-likeness (QED) is 0.173. The molecule has 228 valence electrons. The van der Waals surface area contributed by atoms with Crippen molar-refractivity contribution in [1.29, 1.82) is 0 Å². The number of benzene rings is 5. The summed E-state index contributed by atoms with van der Waals surface area (Å²) < 4.78 is 40.6. The molecule has 0 unspecified atom stereocenters. The van der Waals surface area contributed by atoms with Gasteiger partial charge in [0.1, 0.15) is 28.7 Å². The van der Waals surface area contributed by atoms with E-state index >= 15 is 0 Å². The second kappa shape index (κ2) is 14.0. The highest BCUT2D eigenvalue weighted by Gasteiger charge is 2.25. The van der Waals surface area contributed by atoms with Gasteiger partial charge in [-0.1, -0.05) is 59.2 Å². The third-order valence-corrected chi connectivity index (χ3v) is 8.25. The highest BCUT2D eigenvalue weighted by atomic mass is 35.5. The van der Waals surface area contributed by atoms with Crippen molar-refractivity contribution >= 4 is 52.6 Å². The number of hydrogen-bond acceptors (Lipinski definition) is 5. The van der Waals surface area contributed by atoms with Gasteiger partial charge in [-0.3, -0.25) is 10.1 Å². The molecule has 5 rings (SSSR count). The second-order valence-electron chi connectivity index (χ2n) is 9.65. The summed E-state index contributed by atoms with van der Waals surface area (Å²) in [5.74, 6) is -2.05. The first-order valence-electron chi connectivity index (χ1n) is 13.4. The Morgan fingerprint density at radius 3 is 1.87 bits per heavy atom. The number of anilines is 1. The van der Waals surface area contributed by atoms with E-state index < -0.39 is 29.1 Å². The van der Waals surface area contributed by atoms with Crippen LogP contribution >= 0.6 is 35.0 Å². The molecule has 0 atom stereocenters. The van der Waals surface area contributed by atoms with Gasteiger partial charge in [0.2, 0.25) is 0 Å². The van der Waals surface area contributed by atoms with Crippen LogP contribution in [-0.2, 0) is 0 Å². The highest BCUT2D eigenvalue weighted by molar-refractivity contribution is 7.99. The van der Waals surface area contributed by atoms with E-state index in [1.807, 2.05) is 47.8 Å². The summed E-state index contributed by atoms with van der Waals surface area (Å²) in [5, 5.41) is 5.35. The Hall–Kier alpha value is -4.57. The van der Waals surface area contributed by atoms with E-state index in [4.69, 9.17) is 32.7 Å². The molecule has 0 bridgehead atoms. The number of rotatable bonds is 8. The average Bonchev–Trinajstić information content (AvgIpc) is 3.02. The summed E-state index contributed by atoms with van der Waals surface area (Å²) in [4.78, 5) is 27.5. The standard InChI is InChI=1S/C34H24Cl2F2N2O4S/c1-19-29(36)31(43-23-13-17-25(18-14-23)45-24-15-11-21(35)12-16-24)20(2)32(44-22-7-4-3-5-8-22)30(19)39-34(42)40-33(41)28-26(37)9-6-10-27(28)38/h3-18H,1-2H3,(H2,39,40,41,42). The summed E-state index contributed by atoms with van der Waals surface area (Å²) in [5.41, 5.74) is 0.0389. The maximum absolute atomic E-state index is 14.1. The summed E-state index contributed by atoms with van der Waals surface area (Å²) >= 11 is 14.3. The largest absolute Gasteiger partial charge is 0.455 e. The lowest BCUT2D eigenvalue weighted by molar-refractivity contribution is 0.0959. The maximum atomic E-state index is 14.1. The molecule has 0 aliphatic carbocycles. The Morgan fingerprint density at radius 1 is 0.689 bits per heavy atom. The van der Waals surface area contributed by atoms with Crippen molar-refractivity contribution in [2.24, 2.45) is 0 Å². The van der Waals surface area contributed by atoms with Crippen molar-refractivity contribution in [3.63, 3.8) is 0 Å². The molecule has 0 spiro atoms. The van der Waals surface area contributed by atoms with Crippen molar-refractivity contribution in [1.82, 2.24) is 5.32 Å². The van der Waals surface area contributed by atoms with Crippen LogP contribution in [0.1, 0.15) is 21.5 Å². The summed E-state index contributed by atoms with van der Waals surface area (Å²) in [6.07, 6.45) is 0. The number of para-hydroxylation sites is 1. The lowest BCUT2D eigenvalue weighted by Crippen LogP contribution is -2.35. The molecular weight excluding hydrogens is 641 g/mol. The molecule has 0 radical (unpaired) electrons. The molecule has 0 heterocycles. The summed E-state index contributed by atoms with van der Waals surface area (Å²) in [6.45, 7) is 3.33. The Balaban J connectivity index is 1.43. The number of ether oxygens (including phenoxy) is 2. The van der Waals surface area contributed by atoms with E-state index in [9.17, 15) is 18.4 Å². The summed E-state index contributed by atoms with van der Waals surface area (Å²) in [6, 6.07) is 25.6. The van der Waals surface area contributed by atoms with Gasteiger partial charge in [0, 0.05) is 20.4 Å². The molecule has 6 nitrogen and oxygen atoms in total. The summed E-state index contributed by atoms with van der Waals surface area (Å²) in [7, 11) is 0. The van der Waals surface area contributed by atoms with Crippen molar-refractivity contribution in [2.75, 3.05) is 5.32 Å². The Bertz CT molecular complexity index is 1850. The molecule has 0 aliphatic rings. The minimum Gasteiger partial charge on any atom is -0.455 e. The smallest absolute Gasteiger partial charge is 0.326 e. The van der Waals surface area contributed by atoms with Crippen molar-refractivity contribution in [3.8, 4) is 23.0 Å². The molecule has 5 aromatic carbocycles. The van der Waals surface area contributed by atoms with Crippen molar-refractivity contribution in [2.45, 2.75) is 23.6 Å². The zero-order chi connectivity index (χ0) is 32.1. The molecule has 0 aliphatic heterocycles. The Labute approximate surface area is 272 Å². The van der Waals surface area contributed by atoms with E-state index in [1.54, 1.807) is 62.0 Å². The average molecular weight is 666 g/mol. The van der Waals surface area contributed by atoms with Gasteiger partial charge in [0.15, 0.2) is 11.5 Å². The predicted molar refractivity (Wildman–Crippen MR) is 172 cm³/mol. The van der Waals surface area contributed by atoms with Gasteiger partial charge in [0.05, 0.1) is 10.7 Å². The van der Waals surface area contributed by atoms with Gasteiger partial charge in [-0.25, -0.2) is 13.6 Å². The minimum atomic E-state index is -1.26. The number of halogens is 4. The zero-order valence-corrected chi connectivity index (χ0v) is 26.1. The minimum absolute atomic E-state index is 0.128. The van der Waals surface area contributed by atoms with Crippen LogP contribution in [0.2, 0.25) is 10.0 Å². The molecule has 0 fully saturated rings. The lowest BCUT2D eigenvalue weighted by atomic mass is 10.1. The first-order chi connectivity index (χ1) is 21.6. The highest BCUT2D eigenvalue weighted by Crippen LogP contribution is 2.47. The van der Waals surface area contributed by atoms with E-state index in [0.29, 0.717) is 27.6 Å². The molecule has 0 saturated heterocycles. The predicted octanol–water partition coefficient (Wildman–Crippen LogP) is 10.6. The number of hydrogen-bond donors (Lipinski definition) is 2. The zero-order valence-electron chi connectivity index (χ0n) is 23.8. The monoisotopic (exact) mass is 664 g/mol. The van der Waals surface area contributed by atoms with Crippen LogP contribution in [0.15, 0.2) is 107 Å². The van der Waals surface area contributed by atoms with Crippen LogP contribution in [0.3, 0.4) is 0 Å². The van der Waals surface area contributed by atoms with Gasteiger partial charge >= 0.3 is 6.03 Å². The molecule has 5 aromatic rings. The van der Waals surface area contributed by atoms with Gasteiger partial charge < -0.3 is 14.8 Å². The fourth-order valence-corrected chi connectivity index (χ4v) is 5.49. The lowest BCUT2D eigenvalue weighted by Gasteiger charge is -2.22. The third-order valence-electron chi connectivity index (χ3n) is 6.52. The van der Waals surface area contributed by atoms with Crippen LogP contribution < -0.4 is 20.1 Å². The van der Waals surface area contributed by atoms with Gasteiger partial charge in [-0.2, -0.15) is 0 Å². The van der Waals surface area contributed by atoms with Gasteiger partial charge in [0.25, 0.3) is 5.91 Å². The Morgan fingerprint density at radius 2 is 1.24 bits per heavy atom. The van der Waals surface area contributed by atoms with Crippen LogP contribution in [0.4, 0.5) is 19.3 Å². The van der Waals surface area contributed by atoms with Crippen LogP contribution in [0.25, 0.3) is 0 Å². The number of nitrogens with one attached hydrogen (secondary N) is 2. The van der Waals surface area contributed by atoms with E-state index in [1.165, 1.54) is 0 Å². The molecule has 45 heavy (non-hydrogen) atoms. The molecular formula is C34H24Cl2F2N2O4S. The third kappa shape index (κ3) is 7.57. The number of carbonyl (C=O) groups is 2. The number of amides is 3. The first kappa shape index (κ1) is 31.8. The Kier molecular flexibility index (Phi) is 9.93. The normalized spacial score (nSPS) is 10.7. The molecule has 0 aromatic heterocycles. The van der Waals surface area contributed by atoms with E-state index in [2.05, 4.69) is 5.32 Å². The maximum Gasteiger partial charge on any atom is 0.326 e. The van der Waals surface area contributed by atoms with Crippen molar-refractivity contribution in [3.05, 3.63) is 135 Å². The molecule has 3 amide bonds. The molecule has 2 N–H and O–H groups in total. The molecule has 11 heteroatoms. The SMILES string of the molecule is Cc1c(Cl)c(Oc2ccc(Sc3ccc(Cl)cc3)cc2)c(C)c(Oc2ccccc2)c1NC(=O)NC(=O)c1c(F)cccc1F. The van der Waals surface area contributed by atoms with Crippen LogP contribution in [0, 0.1) is 25.5 Å².